The van der Waals surface area contributed by atoms with E-state index in [9.17, 15) is 9.59 Å². The molecule has 1 aromatic carbocycles. The number of carboxylic acid groups (broad SMARTS) is 1. The van der Waals surface area contributed by atoms with Crippen molar-refractivity contribution in [3.05, 3.63) is 45.7 Å². The molecule has 0 aliphatic heterocycles. The number of fused-ring (bicyclic) bond motifs is 1. The van der Waals surface area contributed by atoms with Gasteiger partial charge in [0.15, 0.2) is 0 Å². The molecular weight excluding hydrogens is 229 g/mol. The molecule has 0 fully saturated rings. The van der Waals surface area contributed by atoms with Crippen molar-refractivity contribution < 1.29 is 40.9 Å². The summed E-state index contributed by atoms with van der Waals surface area (Å²) >= 11 is 0. The Balaban J connectivity index is 0.00000144. The van der Waals surface area contributed by atoms with Gasteiger partial charge in [-0.15, -0.1) is 0 Å². The van der Waals surface area contributed by atoms with Crippen LogP contribution in [0.3, 0.4) is 0 Å². The maximum Gasteiger partial charge on any atom is 1.00 e. The Bertz CT molecular complexity index is 624. The molecule has 0 unspecified atom stereocenters. The summed E-state index contributed by atoms with van der Waals surface area (Å²) in [5.41, 5.74) is 1.28. The Morgan fingerprint density at radius 3 is 2.71 bits per heavy atom. The second-order valence-corrected chi connectivity index (χ2v) is 3.58. The molecule has 0 aliphatic carbocycles. The number of carbonyl (C=O) groups is 1. The summed E-state index contributed by atoms with van der Waals surface area (Å²) in [5, 5.41) is 9.67. The van der Waals surface area contributed by atoms with Crippen LogP contribution in [0.4, 0.5) is 0 Å². The monoisotopic (exact) mass is 241 g/mol. The zero-order valence-corrected chi connectivity index (χ0v) is 11.8. The summed E-state index contributed by atoms with van der Waals surface area (Å²) in [7, 11) is 0. The van der Waals surface area contributed by atoms with Crippen LogP contribution < -0.4 is 35.1 Å². The molecule has 0 atom stereocenters. The van der Waals surface area contributed by atoms with Gasteiger partial charge < -0.3 is 11.5 Å². The quantitative estimate of drug-likeness (QED) is 0.656. The van der Waals surface area contributed by atoms with Crippen LogP contribution in [0, 0.1) is 0 Å². The van der Waals surface area contributed by atoms with Gasteiger partial charge in [0.05, 0.1) is 5.56 Å². The molecule has 0 saturated heterocycles. The van der Waals surface area contributed by atoms with E-state index >= 15 is 0 Å². The minimum Gasteiger partial charge on any atom is -1.00 e. The Hall–Kier alpha value is -1.10. The number of hydrogen-bond acceptors (Lipinski definition) is 2. The zero-order valence-electron chi connectivity index (χ0n) is 10.8. The smallest absolute Gasteiger partial charge is 1.00 e. The molecule has 0 bridgehead atoms. The molecule has 4 nitrogen and oxygen atoms in total. The van der Waals surface area contributed by atoms with Crippen molar-refractivity contribution >= 4 is 16.9 Å². The van der Waals surface area contributed by atoms with E-state index in [1.165, 1.54) is 12.1 Å². The number of aryl methyl sites for hydroxylation is 1. The maximum absolute atomic E-state index is 11.5. The average Bonchev–Trinajstić information content (AvgIpc) is 2.27. The van der Waals surface area contributed by atoms with Crippen molar-refractivity contribution in [1.29, 1.82) is 0 Å². The third kappa shape index (κ3) is 2.77. The summed E-state index contributed by atoms with van der Waals surface area (Å²) in [6.45, 7) is 1.90. The second kappa shape index (κ2) is 5.49. The van der Waals surface area contributed by atoms with Gasteiger partial charge in [0, 0.05) is 11.1 Å². The number of nitrogens with one attached hydrogen (secondary N) is 1. The molecule has 2 aromatic rings. The first-order valence-electron chi connectivity index (χ1n) is 5.01. The van der Waals surface area contributed by atoms with Gasteiger partial charge in [-0.1, -0.05) is 13.0 Å². The third-order valence-corrected chi connectivity index (χ3v) is 2.55. The van der Waals surface area contributed by atoms with Gasteiger partial charge in [-0.3, -0.25) is 4.79 Å². The van der Waals surface area contributed by atoms with Gasteiger partial charge in [0.2, 0.25) is 0 Å². The van der Waals surface area contributed by atoms with E-state index in [2.05, 4.69) is 4.98 Å². The van der Waals surface area contributed by atoms with Crippen molar-refractivity contribution in [2.75, 3.05) is 0 Å². The minimum absolute atomic E-state index is 0. The molecule has 0 aliphatic rings. The molecule has 84 valence electrons. The Labute approximate surface area is 121 Å². The van der Waals surface area contributed by atoms with Crippen LogP contribution in [-0.2, 0) is 6.42 Å². The predicted octanol–water partition coefficient (Wildman–Crippen LogP) is -1.09. The van der Waals surface area contributed by atoms with Crippen LogP contribution in [-0.4, -0.2) is 16.1 Å². The van der Waals surface area contributed by atoms with Gasteiger partial charge in [-0.25, -0.2) is 4.79 Å². The van der Waals surface area contributed by atoms with E-state index in [1.807, 2.05) is 6.92 Å². The SMILES string of the molecule is CCc1cc2ccc(C(=O)O)cc2[nH]c1=O.[H-].[Na+]. The van der Waals surface area contributed by atoms with Crippen molar-refractivity contribution in [3.8, 4) is 0 Å². The fourth-order valence-electron chi connectivity index (χ4n) is 1.64. The molecule has 0 amide bonds. The summed E-state index contributed by atoms with van der Waals surface area (Å²) < 4.78 is 0. The molecule has 1 heterocycles. The first-order chi connectivity index (χ1) is 7.61. The zero-order chi connectivity index (χ0) is 11.7. The number of H-pyrrole nitrogens is 1. The van der Waals surface area contributed by atoms with Crippen molar-refractivity contribution in [2.24, 2.45) is 0 Å². The van der Waals surface area contributed by atoms with E-state index in [-0.39, 0.29) is 42.1 Å². The number of rotatable bonds is 2. The number of aromatic carboxylic acids is 1. The van der Waals surface area contributed by atoms with Gasteiger partial charge in [0.1, 0.15) is 0 Å². The molecule has 2 N–H and O–H groups in total. The van der Waals surface area contributed by atoms with E-state index in [1.54, 1.807) is 12.1 Å². The van der Waals surface area contributed by atoms with Crippen LogP contribution in [0.2, 0.25) is 0 Å². The van der Waals surface area contributed by atoms with Crippen LogP contribution in [0.15, 0.2) is 29.1 Å². The van der Waals surface area contributed by atoms with Crippen LogP contribution in [0.5, 0.6) is 0 Å². The van der Waals surface area contributed by atoms with Crippen molar-refractivity contribution in [2.45, 2.75) is 13.3 Å². The van der Waals surface area contributed by atoms with E-state index in [4.69, 9.17) is 5.11 Å². The predicted molar refractivity (Wildman–Crippen MR) is 62.0 cm³/mol. The normalized spacial score (nSPS) is 9.94. The molecule has 1 aromatic heterocycles. The van der Waals surface area contributed by atoms with E-state index < -0.39 is 5.97 Å². The molecule has 0 radical (unpaired) electrons. The fraction of sp³-hybridized carbons (Fsp3) is 0.167. The Morgan fingerprint density at radius 1 is 1.41 bits per heavy atom. The minimum atomic E-state index is -0.998. The molecule has 17 heavy (non-hydrogen) atoms. The summed E-state index contributed by atoms with van der Waals surface area (Å²) in [4.78, 5) is 25.0. The van der Waals surface area contributed by atoms with Crippen molar-refractivity contribution in [1.82, 2.24) is 4.98 Å². The molecular formula is C12H12NNaO3. The number of aromatic nitrogens is 1. The molecule has 2 rings (SSSR count). The summed E-state index contributed by atoms with van der Waals surface area (Å²) in [6, 6.07) is 6.49. The number of benzene rings is 1. The first kappa shape index (κ1) is 14.0. The van der Waals surface area contributed by atoms with E-state index in [0.29, 0.717) is 17.5 Å². The van der Waals surface area contributed by atoms with Gasteiger partial charge in [-0.2, -0.15) is 0 Å². The Morgan fingerprint density at radius 2 is 2.12 bits per heavy atom. The average molecular weight is 241 g/mol. The largest absolute Gasteiger partial charge is 1.00 e. The van der Waals surface area contributed by atoms with Gasteiger partial charge in [-0.05, 0) is 30.0 Å². The molecule has 0 saturated carbocycles. The summed E-state index contributed by atoms with van der Waals surface area (Å²) in [6.07, 6.45) is 0.659. The third-order valence-electron chi connectivity index (χ3n) is 2.55. The fourth-order valence-corrected chi connectivity index (χ4v) is 1.64. The molecule has 0 spiro atoms. The second-order valence-electron chi connectivity index (χ2n) is 3.58. The standard InChI is InChI=1S/C12H11NO3.Na.H/c1-2-7-5-8-3-4-9(12(15)16)6-10(8)13-11(7)14;;/h3-6H,2H2,1H3,(H,13,14)(H,15,16);;/q;+1;-1. The van der Waals surface area contributed by atoms with E-state index in [0.717, 1.165) is 5.39 Å². The number of hydrogen-bond donors (Lipinski definition) is 2. The van der Waals surface area contributed by atoms with Crippen LogP contribution in [0.1, 0.15) is 24.3 Å². The number of aromatic amines is 1. The first-order valence-corrected chi connectivity index (χ1v) is 5.01. The van der Waals surface area contributed by atoms with Crippen LogP contribution >= 0.6 is 0 Å². The van der Waals surface area contributed by atoms with Crippen molar-refractivity contribution in [3.63, 3.8) is 0 Å². The number of carboxylic acids is 1. The Kier molecular flexibility index (Phi) is 4.51. The number of pyridine rings is 1. The van der Waals surface area contributed by atoms with Crippen LogP contribution in [0.25, 0.3) is 10.9 Å². The van der Waals surface area contributed by atoms with Gasteiger partial charge >= 0.3 is 35.5 Å². The molecule has 5 heteroatoms. The maximum atomic E-state index is 11.5. The summed E-state index contributed by atoms with van der Waals surface area (Å²) in [5.74, 6) is -0.998. The topological polar surface area (TPSA) is 70.2 Å². The van der Waals surface area contributed by atoms with Gasteiger partial charge in [0.25, 0.3) is 5.56 Å².